The number of hydrogen-bond acceptors (Lipinski definition) is 4. The summed E-state index contributed by atoms with van der Waals surface area (Å²) < 4.78 is 84.3. The van der Waals surface area contributed by atoms with Crippen LogP contribution in [0.5, 0.6) is 0 Å². The molecule has 13 heteroatoms. The van der Waals surface area contributed by atoms with Crippen LogP contribution in [0.3, 0.4) is 0 Å². The summed E-state index contributed by atoms with van der Waals surface area (Å²) in [6.45, 7) is 0.627. The highest BCUT2D eigenvalue weighted by molar-refractivity contribution is 6.38. The lowest BCUT2D eigenvalue weighted by molar-refractivity contribution is -0.268. The van der Waals surface area contributed by atoms with Crippen molar-refractivity contribution in [1.29, 1.82) is 5.26 Å². The van der Waals surface area contributed by atoms with Crippen molar-refractivity contribution >= 4 is 29.0 Å². The van der Waals surface area contributed by atoms with Gasteiger partial charge in [-0.1, -0.05) is 23.2 Å². The molecule has 1 aromatic heterocycles. The minimum Gasteiger partial charge on any atom is -0.383 e. The molecule has 0 spiro atoms. The molecule has 0 fully saturated rings. The van der Waals surface area contributed by atoms with Crippen LogP contribution in [-0.4, -0.2) is 23.1 Å². The third-order valence-electron chi connectivity index (χ3n) is 4.01. The van der Waals surface area contributed by atoms with E-state index in [9.17, 15) is 31.6 Å². The van der Waals surface area contributed by atoms with Crippen molar-refractivity contribution in [2.45, 2.75) is 24.9 Å². The van der Waals surface area contributed by atoms with E-state index in [0.29, 0.717) is 23.7 Å². The van der Waals surface area contributed by atoms with Gasteiger partial charge in [0.2, 0.25) is 0 Å². The molecule has 5 nitrogen and oxygen atoms in total. The zero-order chi connectivity index (χ0) is 21.7. The van der Waals surface area contributed by atoms with Crippen LogP contribution >= 0.6 is 23.2 Å². The Morgan fingerprint density at radius 3 is 2.00 bits per heavy atom. The second-order valence-corrected chi connectivity index (χ2v) is 6.47. The highest BCUT2D eigenvalue weighted by Gasteiger charge is 2.56. The van der Waals surface area contributed by atoms with Gasteiger partial charge >= 0.3 is 12.4 Å². The fourth-order valence-electron chi connectivity index (χ4n) is 2.44. The monoisotopic (exact) mass is 446 g/mol. The van der Waals surface area contributed by atoms with E-state index in [2.05, 4.69) is 9.84 Å². The van der Waals surface area contributed by atoms with Crippen molar-refractivity contribution < 1.29 is 31.1 Å². The van der Waals surface area contributed by atoms with Crippen LogP contribution in [0, 0.1) is 11.3 Å². The molecule has 0 saturated heterocycles. The number of aromatic nitrogens is 2. The van der Waals surface area contributed by atoms with Gasteiger partial charge in [0.15, 0.2) is 11.3 Å². The predicted octanol–water partition coefficient (Wildman–Crippen LogP) is 5.08. The van der Waals surface area contributed by atoms with Crippen molar-refractivity contribution in [1.82, 2.24) is 9.78 Å². The van der Waals surface area contributed by atoms with Gasteiger partial charge in [0.25, 0.3) is 0 Å². The zero-order valence-corrected chi connectivity index (χ0v) is 15.5. The number of anilines is 1. The Morgan fingerprint density at radius 2 is 1.64 bits per heavy atom. The normalized spacial score (nSPS) is 14.6. The number of alkyl halides is 6. The van der Waals surface area contributed by atoms with E-state index >= 15 is 0 Å². The lowest BCUT2D eigenvalue weighted by Gasteiger charge is -2.30. The first kappa shape index (κ1) is 22.1. The van der Waals surface area contributed by atoms with Gasteiger partial charge in [0.05, 0.1) is 21.2 Å². The lowest BCUT2D eigenvalue weighted by atomic mass is 9.94. The number of halogens is 8. The number of hydrogen-bond donors (Lipinski definition) is 1. The predicted molar refractivity (Wildman–Crippen MR) is 88.1 cm³/mol. The van der Waals surface area contributed by atoms with E-state index in [0.717, 1.165) is 7.11 Å². The Morgan fingerprint density at radius 1 is 1.14 bits per heavy atom. The largest absolute Gasteiger partial charge is 0.421 e. The summed E-state index contributed by atoms with van der Waals surface area (Å²) in [7, 11) is 0.753. The Balaban J connectivity index is 2.82. The van der Waals surface area contributed by atoms with E-state index in [4.69, 9.17) is 28.9 Å². The number of benzene rings is 1. The molecule has 28 heavy (non-hydrogen) atoms. The van der Waals surface area contributed by atoms with E-state index < -0.39 is 56.3 Å². The molecule has 2 aromatic rings. The van der Waals surface area contributed by atoms with Gasteiger partial charge in [-0.25, -0.2) is 4.68 Å². The number of nitrogens with zero attached hydrogens (tertiary/aromatic N) is 3. The van der Waals surface area contributed by atoms with Crippen LogP contribution in [0.15, 0.2) is 12.1 Å². The maximum Gasteiger partial charge on any atom is 0.421 e. The summed E-state index contributed by atoms with van der Waals surface area (Å²) >= 11 is 11.7. The Labute approximate surface area is 164 Å². The van der Waals surface area contributed by atoms with Gasteiger partial charge in [-0.15, -0.1) is 0 Å². The molecule has 152 valence electrons. The fourth-order valence-corrected chi connectivity index (χ4v) is 3.09. The van der Waals surface area contributed by atoms with Gasteiger partial charge in [0.1, 0.15) is 17.6 Å². The molecule has 1 aromatic carbocycles. The SMILES string of the molecule is COC(C)(c1c(C#N)nn(-c2c(Cl)cc(C(F)(F)F)cc2Cl)c1N)C(F)(F)F. The molecular weight excluding hydrogens is 437 g/mol. The van der Waals surface area contributed by atoms with Crippen molar-refractivity contribution in [2.75, 3.05) is 12.8 Å². The van der Waals surface area contributed by atoms with Gasteiger partial charge in [-0.2, -0.15) is 36.7 Å². The van der Waals surface area contributed by atoms with Crippen LogP contribution in [0.4, 0.5) is 32.2 Å². The summed E-state index contributed by atoms with van der Waals surface area (Å²) in [6.07, 6.45) is -9.77. The van der Waals surface area contributed by atoms with E-state index in [1.54, 1.807) is 0 Å². The van der Waals surface area contributed by atoms with Crippen molar-refractivity contribution in [3.63, 3.8) is 0 Å². The average Bonchev–Trinajstić information content (AvgIpc) is 2.88. The molecule has 0 aliphatic heterocycles. The number of nitriles is 1. The quantitative estimate of drug-likeness (QED) is 0.667. The highest BCUT2D eigenvalue weighted by atomic mass is 35.5. The third kappa shape index (κ3) is 3.47. The number of methoxy groups -OCH3 is 1. The number of rotatable bonds is 3. The van der Waals surface area contributed by atoms with Crippen LogP contribution in [0.2, 0.25) is 10.0 Å². The Kier molecular flexibility index (Phi) is 5.55. The van der Waals surface area contributed by atoms with Crippen LogP contribution in [-0.2, 0) is 16.5 Å². The summed E-state index contributed by atoms with van der Waals surface area (Å²) in [5.41, 5.74) is -0.446. The molecule has 2 N–H and O–H groups in total. The van der Waals surface area contributed by atoms with E-state index in [-0.39, 0.29) is 0 Å². The van der Waals surface area contributed by atoms with Gasteiger partial charge in [-0.3, -0.25) is 0 Å². The molecule has 2 rings (SSSR count). The minimum atomic E-state index is -5.00. The molecule has 1 unspecified atom stereocenters. The summed E-state index contributed by atoms with van der Waals surface area (Å²) in [5.74, 6) is -0.721. The topological polar surface area (TPSA) is 76.9 Å². The molecule has 0 bridgehead atoms. The highest BCUT2D eigenvalue weighted by Crippen LogP contribution is 2.46. The molecular formula is C15H10Cl2F6N4O. The van der Waals surface area contributed by atoms with Crippen molar-refractivity contribution in [3.8, 4) is 11.8 Å². The van der Waals surface area contributed by atoms with Crippen LogP contribution < -0.4 is 5.73 Å². The molecule has 0 aliphatic carbocycles. The number of nitrogen functional groups attached to an aromatic ring is 1. The van der Waals surface area contributed by atoms with Crippen molar-refractivity contribution in [3.05, 3.63) is 39.0 Å². The maximum absolute atomic E-state index is 13.5. The van der Waals surface area contributed by atoms with Crippen LogP contribution in [0.1, 0.15) is 23.7 Å². The fraction of sp³-hybridized carbons (Fsp3) is 0.333. The second kappa shape index (κ2) is 7.02. The molecule has 0 saturated carbocycles. The molecule has 0 amide bonds. The summed E-state index contributed by atoms with van der Waals surface area (Å²) in [4.78, 5) is 0. The Bertz CT molecular complexity index is 940. The summed E-state index contributed by atoms with van der Waals surface area (Å²) in [5, 5.41) is 11.7. The molecule has 1 heterocycles. The molecule has 0 aliphatic rings. The smallest absolute Gasteiger partial charge is 0.383 e. The standard InChI is InChI=1S/C15H10Cl2F6N4O/c1-13(28-2,15(21,22)23)10-9(5-24)26-27(12(10)25)11-7(16)3-6(4-8(11)17)14(18,19)20/h3-4H,25H2,1-2H3. The maximum atomic E-state index is 13.5. The van der Waals surface area contributed by atoms with E-state index in [1.165, 1.54) is 6.07 Å². The first-order valence-electron chi connectivity index (χ1n) is 7.16. The lowest BCUT2D eigenvalue weighted by Crippen LogP contribution is -2.42. The van der Waals surface area contributed by atoms with Crippen molar-refractivity contribution in [2.24, 2.45) is 0 Å². The third-order valence-corrected chi connectivity index (χ3v) is 4.59. The van der Waals surface area contributed by atoms with Gasteiger partial charge in [-0.05, 0) is 19.1 Å². The second-order valence-electron chi connectivity index (χ2n) is 5.65. The molecule has 1 atom stereocenters. The van der Waals surface area contributed by atoms with E-state index in [1.807, 2.05) is 0 Å². The average molecular weight is 447 g/mol. The first-order chi connectivity index (χ1) is 12.7. The Hall–Kier alpha value is -2.16. The molecule has 0 radical (unpaired) electrons. The number of ether oxygens (including phenoxy) is 1. The first-order valence-corrected chi connectivity index (χ1v) is 7.92. The number of nitrogens with two attached hydrogens (primary N) is 1. The minimum absolute atomic E-state index is 0.419. The van der Waals surface area contributed by atoms with Gasteiger partial charge < -0.3 is 10.5 Å². The van der Waals surface area contributed by atoms with Crippen LogP contribution in [0.25, 0.3) is 5.69 Å². The summed E-state index contributed by atoms with van der Waals surface area (Å²) in [6, 6.07) is 2.47. The zero-order valence-electron chi connectivity index (χ0n) is 14.0. The van der Waals surface area contributed by atoms with Gasteiger partial charge in [0, 0.05) is 7.11 Å².